The molecule has 6 heteroatoms. The Bertz CT molecular complexity index is 875. The number of amides is 1. The summed E-state index contributed by atoms with van der Waals surface area (Å²) in [4.78, 5) is 11.9. The van der Waals surface area contributed by atoms with Gasteiger partial charge in [-0.1, -0.05) is 48.5 Å². The molecule has 0 bridgehead atoms. The maximum Gasteiger partial charge on any atom is 0.277 e. The van der Waals surface area contributed by atoms with Crippen molar-refractivity contribution < 1.29 is 13.9 Å². The molecule has 2 aromatic carbocycles. The summed E-state index contributed by atoms with van der Waals surface area (Å²) in [5.74, 6) is 0.815. The van der Waals surface area contributed by atoms with Crippen molar-refractivity contribution in [2.75, 3.05) is 6.61 Å². The molecule has 1 N–H and O–H groups in total. The summed E-state index contributed by atoms with van der Waals surface area (Å²) < 4.78 is 11.5. The monoisotopic (exact) mass is 398 g/mol. The molecule has 1 heterocycles. The fourth-order valence-corrected chi connectivity index (χ4v) is 2.51. The molecule has 0 saturated heterocycles. The van der Waals surface area contributed by atoms with Crippen molar-refractivity contribution in [1.82, 2.24) is 5.43 Å². The molecule has 0 atom stereocenters. The lowest BCUT2D eigenvalue weighted by molar-refractivity contribution is -0.123. The van der Waals surface area contributed by atoms with E-state index in [1.54, 1.807) is 12.1 Å². The maximum absolute atomic E-state index is 11.9. The minimum Gasteiger partial charge on any atom is -0.483 e. The van der Waals surface area contributed by atoms with Crippen LogP contribution in [0.25, 0.3) is 11.1 Å². The highest BCUT2D eigenvalue weighted by atomic mass is 79.9. The predicted molar refractivity (Wildman–Crippen MR) is 99.5 cm³/mol. The minimum absolute atomic E-state index is 0.136. The van der Waals surface area contributed by atoms with Gasteiger partial charge in [-0.3, -0.25) is 4.79 Å². The van der Waals surface area contributed by atoms with E-state index < -0.39 is 0 Å². The quantitative estimate of drug-likeness (QED) is 0.498. The van der Waals surface area contributed by atoms with Gasteiger partial charge in [0, 0.05) is 5.56 Å². The number of carbonyl (C=O) groups excluding carboxylic acids is 1. The number of benzene rings is 2. The number of nitrogens with zero attached hydrogens (tertiary/aromatic N) is 1. The van der Waals surface area contributed by atoms with Gasteiger partial charge < -0.3 is 9.15 Å². The molecule has 3 aromatic rings. The summed E-state index contributed by atoms with van der Waals surface area (Å²) in [6.45, 7) is -0.136. The number of hydrogen-bond donors (Lipinski definition) is 1. The van der Waals surface area contributed by atoms with Crippen molar-refractivity contribution in [2.45, 2.75) is 0 Å². The van der Waals surface area contributed by atoms with Gasteiger partial charge >= 0.3 is 0 Å². The van der Waals surface area contributed by atoms with Crippen molar-refractivity contribution in [3.8, 4) is 16.9 Å². The third-order valence-corrected chi connectivity index (χ3v) is 3.73. The SMILES string of the molecule is O=C(COc1ccccc1-c1ccccc1)N/N=C/c1ccc(Br)o1. The molecule has 0 aliphatic heterocycles. The highest BCUT2D eigenvalue weighted by Gasteiger charge is 2.07. The molecule has 0 spiro atoms. The van der Waals surface area contributed by atoms with Crippen molar-refractivity contribution in [1.29, 1.82) is 0 Å². The van der Waals surface area contributed by atoms with E-state index in [2.05, 4.69) is 26.5 Å². The average molecular weight is 399 g/mol. The summed E-state index contributed by atoms with van der Waals surface area (Å²) >= 11 is 3.19. The number of carbonyl (C=O) groups is 1. The Morgan fingerprint density at radius 3 is 2.60 bits per heavy atom. The normalized spacial score (nSPS) is 10.8. The number of nitrogens with one attached hydrogen (secondary N) is 1. The van der Waals surface area contributed by atoms with Gasteiger partial charge in [-0.25, -0.2) is 5.43 Å². The first kappa shape index (κ1) is 17.0. The maximum atomic E-state index is 11.9. The molecular formula is C19H15BrN2O3. The zero-order chi connectivity index (χ0) is 17.5. The Morgan fingerprint density at radius 1 is 1.08 bits per heavy atom. The summed E-state index contributed by atoms with van der Waals surface area (Å²) in [5, 5.41) is 3.83. The smallest absolute Gasteiger partial charge is 0.277 e. The fourth-order valence-electron chi connectivity index (χ4n) is 2.19. The van der Waals surface area contributed by atoms with Gasteiger partial charge in [0.2, 0.25) is 0 Å². The van der Waals surface area contributed by atoms with E-state index in [1.807, 2.05) is 54.6 Å². The molecule has 0 radical (unpaired) electrons. The van der Waals surface area contributed by atoms with Crippen LogP contribution in [-0.4, -0.2) is 18.7 Å². The number of ether oxygens (including phenoxy) is 1. The first-order valence-electron chi connectivity index (χ1n) is 7.57. The highest BCUT2D eigenvalue weighted by molar-refractivity contribution is 9.10. The van der Waals surface area contributed by atoms with Gasteiger partial charge in [0.05, 0.1) is 6.21 Å². The van der Waals surface area contributed by atoms with Crippen LogP contribution in [0.15, 0.2) is 80.9 Å². The Labute approximate surface area is 153 Å². The van der Waals surface area contributed by atoms with Gasteiger partial charge in [0.1, 0.15) is 11.5 Å². The van der Waals surface area contributed by atoms with Crippen LogP contribution < -0.4 is 10.2 Å². The van der Waals surface area contributed by atoms with Gasteiger partial charge in [0.15, 0.2) is 11.3 Å². The second-order valence-electron chi connectivity index (χ2n) is 5.09. The van der Waals surface area contributed by atoms with E-state index in [4.69, 9.17) is 9.15 Å². The van der Waals surface area contributed by atoms with E-state index in [-0.39, 0.29) is 12.5 Å². The Balaban J connectivity index is 1.58. The van der Waals surface area contributed by atoms with Crippen LogP contribution in [0.5, 0.6) is 5.75 Å². The third-order valence-electron chi connectivity index (χ3n) is 3.31. The molecule has 0 aliphatic carbocycles. The van der Waals surface area contributed by atoms with E-state index in [0.717, 1.165) is 11.1 Å². The lowest BCUT2D eigenvalue weighted by atomic mass is 10.1. The Morgan fingerprint density at radius 2 is 1.84 bits per heavy atom. The molecule has 0 fully saturated rings. The zero-order valence-electron chi connectivity index (χ0n) is 13.2. The van der Waals surface area contributed by atoms with Crippen LogP contribution in [0.3, 0.4) is 0 Å². The van der Waals surface area contributed by atoms with Gasteiger partial charge in [0.25, 0.3) is 5.91 Å². The average Bonchev–Trinajstić information content (AvgIpc) is 3.06. The molecule has 0 unspecified atom stereocenters. The number of hydrazone groups is 1. The molecule has 1 amide bonds. The lowest BCUT2D eigenvalue weighted by Gasteiger charge is -2.10. The van der Waals surface area contributed by atoms with Crippen LogP contribution in [-0.2, 0) is 4.79 Å². The molecule has 0 saturated carbocycles. The number of furan rings is 1. The molecule has 3 rings (SSSR count). The molecule has 126 valence electrons. The number of para-hydroxylation sites is 1. The number of halogens is 1. The van der Waals surface area contributed by atoms with Crippen molar-refractivity contribution in [3.05, 3.63) is 77.2 Å². The molecular weight excluding hydrogens is 384 g/mol. The van der Waals surface area contributed by atoms with Crippen molar-refractivity contribution >= 4 is 28.1 Å². The third kappa shape index (κ3) is 4.81. The van der Waals surface area contributed by atoms with Crippen LogP contribution >= 0.6 is 15.9 Å². The van der Waals surface area contributed by atoms with Crippen LogP contribution in [0.2, 0.25) is 0 Å². The van der Waals surface area contributed by atoms with E-state index in [0.29, 0.717) is 16.2 Å². The summed E-state index contributed by atoms with van der Waals surface area (Å²) in [7, 11) is 0. The summed E-state index contributed by atoms with van der Waals surface area (Å²) in [6, 6.07) is 20.9. The Hall–Kier alpha value is -2.86. The van der Waals surface area contributed by atoms with E-state index >= 15 is 0 Å². The van der Waals surface area contributed by atoms with E-state index in [1.165, 1.54) is 6.21 Å². The van der Waals surface area contributed by atoms with Gasteiger partial charge in [-0.2, -0.15) is 5.10 Å². The van der Waals surface area contributed by atoms with Crippen molar-refractivity contribution in [2.24, 2.45) is 5.10 Å². The molecule has 25 heavy (non-hydrogen) atoms. The van der Waals surface area contributed by atoms with Crippen LogP contribution in [0.4, 0.5) is 0 Å². The molecule has 1 aromatic heterocycles. The van der Waals surface area contributed by atoms with Crippen LogP contribution in [0, 0.1) is 0 Å². The van der Waals surface area contributed by atoms with Crippen LogP contribution in [0.1, 0.15) is 5.76 Å². The van der Waals surface area contributed by atoms with Crippen molar-refractivity contribution in [3.63, 3.8) is 0 Å². The highest BCUT2D eigenvalue weighted by Crippen LogP contribution is 2.29. The Kier molecular flexibility index (Phi) is 5.64. The van der Waals surface area contributed by atoms with Gasteiger partial charge in [-0.15, -0.1) is 0 Å². The fraction of sp³-hybridized carbons (Fsp3) is 0.0526. The standard InChI is InChI=1S/C19H15BrN2O3/c20-18-11-10-15(25-18)12-21-22-19(23)13-24-17-9-5-4-8-16(17)14-6-2-1-3-7-14/h1-12H,13H2,(H,22,23)/b21-12+. The number of hydrogen-bond acceptors (Lipinski definition) is 4. The largest absolute Gasteiger partial charge is 0.483 e. The summed E-state index contributed by atoms with van der Waals surface area (Å²) in [6.07, 6.45) is 1.42. The summed E-state index contributed by atoms with van der Waals surface area (Å²) in [5.41, 5.74) is 4.36. The first-order valence-corrected chi connectivity index (χ1v) is 8.36. The zero-order valence-corrected chi connectivity index (χ0v) is 14.8. The molecule has 0 aliphatic rings. The molecule has 5 nitrogen and oxygen atoms in total. The lowest BCUT2D eigenvalue weighted by Crippen LogP contribution is -2.24. The first-order chi connectivity index (χ1) is 12.2. The van der Waals surface area contributed by atoms with Gasteiger partial charge in [-0.05, 0) is 39.7 Å². The minimum atomic E-state index is -0.357. The second kappa shape index (κ2) is 8.30. The van der Waals surface area contributed by atoms with E-state index in [9.17, 15) is 4.79 Å². The predicted octanol–water partition coefficient (Wildman–Crippen LogP) is 4.24. The number of rotatable bonds is 6. The second-order valence-corrected chi connectivity index (χ2v) is 5.87. The topological polar surface area (TPSA) is 63.8 Å².